The lowest BCUT2D eigenvalue weighted by Crippen LogP contribution is -2.58. The number of nitrogens with zero attached hydrogens (tertiary/aromatic N) is 1. The molecule has 6 rings (SSSR count). The van der Waals surface area contributed by atoms with Crippen LogP contribution in [0.1, 0.15) is 89.9 Å². The van der Waals surface area contributed by atoms with Crippen LogP contribution in [0.4, 0.5) is 21.8 Å². The highest BCUT2D eigenvalue weighted by molar-refractivity contribution is 6.39. The van der Waals surface area contributed by atoms with Crippen molar-refractivity contribution in [1.29, 1.82) is 0 Å². The average molecular weight is 486 g/mol. The van der Waals surface area contributed by atoms with E-state index in [1.165, 1.54) is 19.3 Å². The summed E-state index contributed by atoms with van der Waals surface area (Å²) < 4.78 is 73.5. The average Bonchev–Trinajstić information content (AvgIpc) is 3.40. The first-order chi connectivity index (χ1) is 16.3. The number of nitrogens with one attached hydrogen (secondary N) is 1. The fraction of sp³-hybridized carbons (Fsp3) is 1.00. The minimum absolute atomic E-state index is 0.00499. The van der Waals surface area contributed by atoms with Crippen LogP contribution in [0.25, 0.3) is 0 Å². The summed E-state index contributed by atoms with van der Waals surface area (Å²) in [7, 11) is -2.81. The van der Waals surface area contributed by atoms with E-state index in [-0.39, 0.29) is 29.8 Å². The minimum Gasteiger partial charge on any atom is -0.310 e. The van der Waals surface area contributed by atoms with Gasteiger partial charge in [0.1, 0.15) is 0 Å². The molecule has 0 bridgehead atoms. The summed E-state index contributed by atoms with van der Waals surface area (Å²) in [5.41, 5.74) is 0. The molecule has 0 aromatic rings. The molecule has 0 spiro atoms. The van der Waals surface area contributed by atoms with E-state index in [1.54, 1.807) is 0 Å². The summed E-state index contributed by atoms with van der Waals surface area (Å²) in [6, 6.07) is -2.01. The number of hydrogen-bond acceptors (Lipinski definition) is 2. The van der Waals surface area contributed by atoms with E-state index in [0.717, 1.165) is 62.6 Å². The van der Waals surface area contributed by atoms with Gasteiger partial charge in [-0.05, 0) is 86.9 Å². The third-order valence-electron chi connectivity index (χ3n) is 11.3. The molecule has 8 heteroatoms. The number of alkyl halides is 3. The first-order valence-electron chi connectivity index (χ1n) is 14.2. The predicted molar refractivity (Wildman–Crippen MR) is 123 cm³/mol. The van der Waals surface area contributed by atoms with Crippen molar-refractivity contribution in [2.75, 3.05) is 0 Å². The summed E-state index contributed by atoms with van der Waals surface area (Å²) >= 11 is 0. The lowest BCUT2D eigenvalue weighted by molar-refractivity contribution is -0.195. The molecule has 4 aliphatic carbocycles. The largest absolute Gasteiger partial charge is 0.637 e. The lowest BCUT2D eigenvalue weighted by atomic mass is 9.64. The van der Waals surface area contributed by atoms with Gasteiger partial charge in [-0.25, -0.2) is 0 Å². The molecule has 0 aromatic heterocycles. The predicted octanol–water partition coefficient (Wildman–Crippen LogP) is 6.70. The first kappa shape index (κ1) is 24.0. The van der Waals surface area contributed by atoms with Gasteiger partial charge in [-0.1, -0.05) is 38.5 Å². The maximum absolute atomic E-state index is 14.8. The van der Waals surface area contributed by atoms with E-state index in [0.29, 0.717) is 30.6 Å². The maximum atomic E-state index is 14.8. The monoisotopic (exact) mass is 486 g/mol. The Morgan fingerprint density at radius 3 is 1.97 bits per heavy atom. The second-order valence-electron chi connectivity index (χ2n) is 12.7. The van der Waals surface area contributed by atoms with Gasteiger partial charge in [0.05, 0.1) is 5.92 Å². The Bertz CT molecular complexity index is 734. The third-order valence-corrected chi connectivity index (χ3v) is 11.3. The molecule has 2 aliphatic heterocycles. The highest BCUT2D eigenvalue weighted by Gasteiger charge is 2.62. The maximum Gasteiger partial charge on any atom is 0.637 e. The number of hydrogen-bond donors (Lipinski definition) is 1. The lowest BCUT2D eigenvalue weighted by Gasteiger charge is -2.46. The number of halogens is 5. The molecule has 1 N–H and O–H groups in total. The van der Waals surface area contributed by atoms with Crippen molar-refractivity contribution in [2.45, 2.75) is 120 Å². The SMILES string of the molecule is FB(F)N1C(C(C2CC3CCC4CCCCC4C3N2)C(F)(F)F)CC2CCC3CCCCC3C21. The van der Waals surface area contributed by atoms with Gasteiger partial charge in [-0.3, -0.25) is 13.4 Å². The van der Waals surface area contributed by atoms with Crippen molar-refractivity contribution in [3.8, 4) is 0 Å². The van der Waals surface area contributed by atoms with Gasteiger partial charge in [0.25, 0.3) is 0 Å². The molecule has 0 aromatic carbocycles. The van der Waals surface area contributed by atoms with Crippen LogP contribution in [-0.2, 0) is 0 Å². The van der Waals surface area contributed by atoms with Gasteiger partial charge < -0.3 is 5.32 Å². The van der Waals surface area contributed by atoms with E-state index < -0.39 is 31.6 Å². The fourth-order valence-corrected chi connectivity index (χ4v) is 10.1. The molecule has 6 fully saturated rings. The van der Waals surface area contributed by atoms with Crippen LogP contribution in [0.2, 0.25) is 0 Å². The van der Waals surface area contributed by atoms with Crippen molar-refractivity contribution < 1.29 is 21.8 Å². The number of rotatable bonds is 3. The van der Waals surface area contributed by atoms with E-state index in [1.807, 2.05) is 0 Å². The molecule has 2 heterocycles. The smallest absolute Gasteiger partial charge is 0.310 e. The Morgan fingerprint density at radius 1 is 0.706 bits per heavy atom. The Labute approximate surface area is 201 Å². The second kappa shape index (κ2) is 9.18. The van der Waals surface area contributed by atoms with Gasteiger partial charge in [0.15, 0.2) is 0 Å². The molecular weight excluding hydrogens is 446 g/mol. The molecule has 2 saturated heterocycles. The Balaban J connectivity index is 1.28. The quantitative estimate of drug-likeness (QED) is 0.353. The van der Waals surface area contributed by atoms with Gasteiger partial charge in [-0.15, -0.1) is 0 Å². The van der Waals surface area contributed by atoms with Crippen molar-refractivity contribution >= 4 is 7.40 Å². The zero-order chi connectivity index (χ0) is 23.6. The van der Waals surface area contributed by atoms with Crippen molar-refractivity contribution in [2.24, 2.45) is 41.4 Å². The zero-order valence-corrected chi connectivity index (χ0v) is 20.2. The van der Waals surface area contributed by atoms with Crippen LogP contribution in [0.3, 0.4) is 0 Å². The molecule has 0 radical (unpaired) electrons. The molecule has 11 unspecified atom stereocenters. The highest BCUT2D eigenvalue weighted by Crippen LogP contribution is 2.55. The van der Waals surface area contributed by atoms with Gasteiger partial charge >= 0.3 is 13.6 Å². The van der Waals surface area contributed by atoms with Gasteiger partial charge in [-0.2, -0.15) is 13.2 Å². The normalized spacial score (nSPS) is 47.9. The molecule has 2 nitrogen and oxygen atoms in total. The molecule has 0 amide bonds. The van der Waals surface area contributed by atoms with Crippen LogP contribution < -0.4 is 5.32 Å². The van der Waals surface area contributed by atoms with Crippen LogP contribution in [0.15, 0.2) is 0 Å². The molecule has 34 heavy (non-hydrogen) atoms. The van der Waals surface area contributed by atoms with Crippen molar-refractivity contribution in [3.05, 3.63) is 0 Å². The third kappa shape index (κ3) is 4.05. The van der Waals surface area contributed by atoms with E-state index in [2.05, 4.69) is 5.32 Å². The van der Waals surface area contributed by atoms with E-state index in [4.69, 9.17) is 0 Å². The molecule has 6 aliphatic rings. The van der Waals surface area contributed by atoms with Gasteiger partial charge in [0.2, 0.25) is 0 Å². The van der Waals surface area contributed by atoms with Crippen LogP contribution in [0, 0.1) is 41.4 Å². The summed E-state index contributed by atoms with van der Waals surface area (Å²) in [6.45, 7) is 0. The Hall–Kier alpha value is -0.365. The number of fused-ring (bicyclic) bond motifs is 6. The van der Waals surface area contributed by atoms with E-state index >= 15 is 0 Å². The second-order valence-corrected chi connectivity index (χ2v) is 12.7. The zero-order valence-electron chi connectivity index (χ0n) is 20.2. The molecule has 192 valence electrons. The summed E-state index contributed by atoms with van der Waals surface area (Å²) in [4.78, 5) is 1.10. The molecule has 4 saturated carbocycles. The van der Waals surface area contributed by atoms with Crippen molar-refractivity contribution in [1.82, 2.24) is 10.1 Å². The highest BCUT2D eigenvalue weighted by atomic mass is 19.4. The topological polar surface area (TPSA) is 15.3 Å². The standard InChI is InChI=1S/C26H40BF5N2/c28-26(29,30)23(21-13-17-11-9-15-5-1-3-7-19(15)24(17)33-21)22-14-18-12-10-16-6-2-4-8-20(16)25(18)34(22)27(31)32/h15-25,33H,1-14H2. The van der Waals surface area contributed by atoms with Crippen LogP contribution in [-0.4, -0.2) is 42.6 Å². The Morgan fingerprint density at radius 2 is 1.29 bits per heavy atom. The minimum atomic E-state index is -4.46. The summed E-state index contributed by atoms with van der Waals surface area (Å²) in [6.07, 6.45) is 9.18. The van der Waals surface area contributed by atoms with Gasteiger partial charge in [0, 0.05) is 24.2 Å². The first-order valence-corrected chi connectivity index (χ1v) is 14.2. The van der Waals surface area contributed by atoms with Crippen LogP contribution in [0.5, 0.6) is 0 Å². The molecule has 11 atom stereocenters. The van der Waals surface area contributed by atoms with Crippen molar-refractivity contribution in [3.63, 3.8) is 0 Å². The Kier molecular flexibility index (Phi) is 6.48. The fourth-order valence-electron chi connectivity index (χ4n) is 10.1. The van der Waals surface area contributed by atoms with Crippen LogP contribution >= 0.6 is 0 Å². The molecular formula is C26H40BF5N2. The summed E-state index contributed by atoms with van der Waals surface area (Å²) in [5.74, 6) is 0.280. The van der Waals surface area contributed by atoms with E-state index in [9.17, 15) is 21.8 Å². The summed E-state index contributed by atoms with van der Waals surface area (Å²) in [5, 5.41) is 3.48.